The Morgan fingerprint density at radius 1 is 1.56 bits per heavy atom. The van der Waals surface area contributed by atoms with Gasteiger partial charge in [-0.2, -0.15) is 5.26 Å². The first kappa shape index (κ1) is 12.4. The Labute approximate surface area is 106 Å². The monoisotopic (exact) mass is 244 g/mol. The summed E-state index contributed by atoms with van der Waals surface area (Å²) in [5, 5.41) is 9.11. The van der Waals surface area contributed by atoms with Crippen molar-refractivity contribution in [2.45, 2.75) is 31.7 Å². The second-order valence-corrected chi connectivity index (χ2v) is 4.52. The van der Waals surface area contributed by atoms with E-state index in [1.165, 1.54) is 0 Å². The van der Waals surface area contributed by atoms with E-state index in [4.69, 9.17) is 11.0 Å². The Balaban J connectivity index is 2.32. The lowest BCUT2D eigenvalue weighted by atomic mass is 10.1. The van der Waals surface area contributed by atoms with Crippen LogP contribution >= 0.6 is 0 Å². The van der Waals surface area contributed by atoms with Crippen molar-refractivity contribution in [2.24, 2.45) is 5.73 Å². The standard InChI is InChI=1S/C13H16N4O/c14-8-10-4-3-7-16-13(10)17(9-12(15)18)11-5-1-2-6-11/h3-4,7,11H,1-2,5-6,9H2,(H2,15,18). The summed E-state index contributed by atoms with van der Waals surface area (Å²) in [4.78, 5) is 17.3. The first-order valence-electron chi connectivity index (χ1n) is 6.12. The smallest absolute Gasteiger partial charge is 0.237 e. The number of carbonyl (C=O) groups excluding carboxylic acids is 1. The zero-order valence-electron chi connectivity index (χ0n) is 10.2. The number of hydrogen-bond acceptors (Lipinski definition) is 4. The summed E-state index contributed by atoms with van der Waals surface area (Å²) < 4.78 is 0. The molecular formula is C13H16N4O. The minimum absolute atomic E-state index is 0.121. The van der Waals surface area contributed by atoms with Gasteiger partial charge in [-0.3, -0.25) is 4.79 Å². The maximum Gasteiger partial charge on any atom is 0.237 e. The molecule has 1 fully saturated rings. The largest absolute Gasteiger partial charge is 0.368 e. The van der Waals surface area contributed by atoms with Gasteiger partial charge in [-0.25, -0.2) is 4.98 Å². The molecule has 0 aromatic carbocycles. The molecule has 1 heterocycles. The Morgan fingerprint density at radius 2 is 2.28 bits per heavy atom. The number of nitrogens with zero attached hydrogens (tertiary/aromatic N) is 3. The number of hydrogen-bond donors (Lipinski definition) is 1. The number of rotatable bonds is 4. The van der Waals surface area contributed by atoms with Gasteiger partial charge in [-0.15, -0.1) is 0 Å². The summed E-state index contributed by atoms with van der Waals surface area (Å²) in [6, 6.07) is 5.81. The lowest BCUT2D eigenvalue weighted by Gasteiger charge is -2.29. The third-order valence-electron chi connectivity index (χ3n) is 3.27. The molecule has 94 valence electrons. The van der Waals surface area contributed by atoms with Gasteiger partial charge in [-0.1, -0.05) is 12.8 Å². The lowest BCUT2D eigenvalue weighted by molar-refractivity contribution is -0.116. The summed E-state index contributed by atoms with van der Waals surface area (Å²) in [7, 11) is 0. The van der Waals surface area contributed by atoms with Gasteiger partial charge in [0.2, 0.25) is 5.91 Å². The van der Waals surface area contributed by atoms with Crippen LogP contribution in [0.3, 0.4) is 0 Å². The zero-order valence-corrected chi connectivity index (χ0v) is 10.2. The Morgan fingerprint density at radius 3 is 2.89 bits per heavy atom. The van der Waals surface area contributed by atoms with E-state index < -0.39 is 5.91 Å². The van der Waals surface area contributed by atoms with Crippen LogP contribution in [0.4, 0.5) is 5.82 Å². The number of carbonyl (C=O) groups is 1. The topological polar surface area (TPSA) is 83.0 Å². The van der Waals surface area contributed by atoms with Crippen LogP contribution in [0.15, 0.2) is 18.3 Å². The summed E-state index contributed by atoms with van der Waals surface area (Å²) in [6.45, 7) is 0.121. The van der Waals surface area contributed by atoms with Crippen LogP contribution in [0.5, 0.6) is 0 Å². The quantitative estimate of drug-likeness (QED) is 0.862. The SMILES string of the molecule is N#Cc1cccnc1N(CC(N)=O)C1CCCC1. The first-order chi connectivity index (χ1) is 8.72. The molecular weight excluding hydrogens is 228 g/mol. The van der Waals surface area contributed by atoms with Crippen molar-refractivity contribution in [1.82, 2.24) is 4.98 Å². The van der Waals surface area contributed by atoms with Crippen LogP contribution in [0, 0.1) is 11.3 Å². The molecule has 1 aliphatic rings. The van der Waals surface area contributed by atoms with Crippen LogP contribution < -0.4 is 10.6 Å². The highest BCUT2D eigenvalue weighted by molar-refractivity contribution is 5.80. The van der Waals surface area contributed by atoms with Gasteiger partial charge in [0.05, 0.1) is 12.1 Å². The van der Waals surface area contributed by atoms with E-state index in [1.54, 1.807) is 18.3 Å². The van der Waals surface area contributed by atoms with Crippen LogP contribution in [0.25, 0.3) is 0 Å². The molecule has 0 bridgehead atoms. The minimum atomic E-state index is -0.392. The fourth-order valence-electron chi connectivity index (χ4n) is 2.47. The van der Waals surface area contributed by atoms with E-state index in [0.717, 1.165) is 25.7 Å². The fourth-order valence-corrected chi connectivity index (χ4v) is 2.47. The van der Waals surface area contributed by atoms with Crippen molar-refractivity contribution in [3.05, 3.63) is 23.9 Å². The highest BCUT2D eigenvalue weighted by Gasteiger charge is 2.26. The first-order valence-corrected chi connectivity index (χ1v) is 6.12. The van der Waals surface area contributed by atoms with Gasteiger partial charge in [0.1, 0.15) is 11.9 Å². The molecule has 1 saturated carbocycles. The number of pyridine rings is 1. The van der Waals surface area contributed by atoms with Gasteiger partial charge in [0.15, 0.2) is 0 Å². The minimum Gasteiger partial charge on any atom is -0.368 e. The molecule has 0 spiro atoms. The molecule has 2 rings (SSSR count). The van der Waals surface area contributed by atoms with Crippen LogP contribution in [-0.4, -0.2) is 23.5 Å². The van der Waals surface area contributed by atoms with E-state index in [-0.39, 0.29) is 12.6 Å². The fraction of sp³-hybridized carbons (Fsp3) is 0.462. The van der Waals surface area contributed by atoms with Gasteiger partial charge in [0, 0.05) is 12.2 Å². The third-order valence-corrected chi connectivity index (χ3v) is 3.27. The summed E-state index contributed by atoms with van der Waals surface area (Å²) in [6.07, 6.45) is 5.98. The van der Waals surface area contributed by atoms with Gasteiger partial charge >= 0.3 is 0 Å². The molecule has 5 nitrogen and oxygen atoms in total. The van der Waals surface area contributed by atoms with Gasteiger partial charge in [-0.05, 0) is 25.0 Å². The summed E-state index contributed by atoms with van der Waals surface area (Å²) >= 11 is 0. The van der Waals surface area contributed by atoms with Crippen molar-refractivity contribution < 1.29 is 4.79 Å². The van der Waals surface area contributed by atoms with Crippen molar-refractivity contribution in [1.29, 1.82) is 5.26 Å². The van der Waals surface area contributed by atoms with E-state index in [0.29, 0.717) is 11.4 Å². The highest BCUT2D eigenvalue weighted by Crippen LogP contribution is 2.28. The molecule has 0 saturated heterocycles. The maximum atomic E-state index is 11.2. The number of nitrogens with two attached hydrogens (primary N) is 1. The van der Waals surface area contributed by atoms with E-state index >= 15 is 0 Å². The Kier molecular flexibility index (Phi) is 3.78. The van der Waals surface area contributed by atoms with E-state index in [1.807, 2.05) is 4.90 Å². The average Bonchev–Trinajstić information content (AvgIpc) is 2.89. The van der Waals surface area contributed by atoms with Crippen molar-refractivity contribution in [3.8, 4) is 6.07 Å². The van der Waals surface area contributed by atoms with Crippen LogP contribution in [0.2, 0.25) is 0 Å². The second-order valence-electron chi connectivity index (χ2n) is 4.52. The van der Waals surface area contributed by atoms with Crippen LogP contribution in [0.1, 0.15) is 31.2 Å². The number of nitriles is 1. The molecule has 0 atom stereocenters. The predicted octanol–water partition coefficient (Wildman–Crippen LogP) is 1.19. The maximum absolute atomic E-state index is 11.2. The van der Waals surface area contributed by atoms with Crippen LogP contribution in [-0.2, 0) is 4.79 Å². The summed E-state index contributed by atoms with van der Waals surface area (Å²) in [5.74, 6) is 0.183. The van der Waals surface area contributed by atoms with Crippen molar-refractivity contribution in [3.63, 3.8) is 0 Å². The lowest BCUT2D eigenvalue weighted by Crippen LogP contribution is -2.41. The number of primary amides is 1. The molecule has 1 aromatic rings. The molecule has 0 radical (unpaired) electrons. The molecule has 0 unspecified atom stereocenters. The normalized spacial score (nSPS) is 15.3. The third kappa shape index (κ3) is 2.59. The molecule has 2 N–H and O–H groups in total. The number of amides is 1. The van der Waals surface area contributed by atoms with Gasteiger partial charge in [0.25, 0.3) is 0 Å². The zero-order chi connectivity index (χ0) is 13.0. The summed E-state index contributed by atoms with van der Waals surface area (Å²) in [5.41, 5.74) is 5.79. The van der Waals surface area contributed by atoms with Crippen molar-refractivity contribution in [2.75, 3.05) is 11.4 Å². The molecule has 1 aliphatic carbocycles. The van der Waals surface area contributed by atoms with E-state index in [9.17, 15) is 4.79 Å². The average molecular weight is 244 g/mol. The molecule has 0 aliphatic heterocycles. The highest BCUT2D eigenvalue weighted by atomic mass is 16.1. The van der Waals surface area contributed by atoms with Gasteiger partial charge < -0.3 is 10.6 Å². The number of aromatic nitrogens is 1. The molecule has 18 heavy (non-hydrogen) atoms. The molecule has 1 amide bonds. The number of anilines is 1. The van der Waals surface area contributed by atoms with Crippen molar-refractivity contribution >= 4 is 11.7 Å². The Bertz CT molecular complexity index is 474. The molecule has 5 heteroatoms. The Hall–Kier alpha value is -2.09. The van der Waals surface area contributed by atoms with E-state index in [2.05, 4.69) is 11.1 Å². The predicted molar refractivity (Wildman–Crippen MR) is 67.7 cm³/mol. The second kappa shape index (κ2) is 5.50. The molecule has 1 aromatic heterocycles.